The number of carbonyl (C=O) groups excluding carboxylic acids is 2. The minimum absolute atomic E-state index is 0.0427. The highest BCUT2D eigenvalue weighted by molar-refractivity contribution is 7.91. The van der Waals surface area contributed by atoms with Crippen LogP contribution in [0.1, 0.15) is 31.8 Å². The van der Waals surface area contributed by atoms with E-state index in [0.29, 0.717) is 6.07 Å². The van der Waals surface area contributed by atoms with Crippen LogP contribution in [0, 0.1) is 0 Å². The molecule has 1 heterocycles. The van der Waals surface area contributed by atoms with Crippen molar-refractivity contribution >= 4 is 75.4 Å². The van der Waals surface area contributed by atoms with Crippen molar-refractivity contribution in [2.45, 2.75) is 19.6 Å². The van der Waals surface area contributed by atoms with Gasteiger partial charge in [-0.2, -0.15) is 25.3 Å². The number of nitrogens with one attached hydrogen (secondary N) is 2. The Kier molecular flexibility index (Phi) is 9.03. The van der Waals surface area contributed by atoms with Gasteiger partial charge in [-0.25, -0.2) is 0 Å². The van der Waals surface area contributed by atoms with Gasteiger partial charge >= 0.3 is 0 Å². The number of aromatic amines is 1. The molecular formula is C31H22N2O14S4. The Labute approximate surface area is 291 Å². The number of anilines is 2. The molecule has 0 saturated heterocycles. The van der Waals surface area contributed by atoms with Crippen molar-refractivity contribution in [2.24, 2.45) is 0 Å². The molecule has 1 aliphatic carbocycles. The number of aromatic nitrogens is 1. The summed E-state index contributed by atoms with van der Waals surface area (Å²) in [5.74, 6) is -2.22. The zero-order valence-corrected chi connectivity index (χ0v) is 28.6. The van der Waals surface area contributed by atoms with Crippen molar-refractivity contribution in [1.82, 2.24) is 4.98 Å². The van der Waals surface area contributed by atoms with Crippen LogP contribution >= 0.6 is 0 Å². The first-order valence-electron chi connectivity index (χ1n) is 14.2. The Morgan fingerprint density at radius 2 is 1.43 bits per heavy atom. The van der Waals surface area contributed by atoms with E-state index in [0.717, 1.165) is 42.5 Å². The highest BCUT2D eigenvalue weighted by atomic mass is 32.2. The molecule has 0 aliphatic heterocycles. The lowest BCUT2D eigenvalue weighted by Crippen LogP contribution is -2.25. The van der Waals surface area contributed by atoms with Gasteiger partial charge < -0.3 is 20.0 Å². The fourth-order valence-electron chi connectivity index (χ4n) is 5.77. The summed E-state index contributed by atoms with van der Waals surface area (Å²) < 4.78 is 117. The number of benzene rings is 4. The van der Waals surface area contributed by atoms with Gasteiger partial charge in [0.2, 0.25) is 0 Å². The fraction of sp³-hybridized carbons (Fsp3) is 0.0645. The molecule has 0 fully saturated rings. The smallest absolute Gasteiger partial charge is 0.296 e. The number of aliphatic hydroxyl groups is 1. The van der Waals surface area contributed by atoms with E-state index in [-0.39, 0.29) is 27.3 Å². The number of H-pyrrole nitrogens is 1. The third-order valence-corrected chi connectivity index (χ3v) is 11.8. The van der Waals surface area contributed by atoms with Gasteiger partial charge in [0, 0.05) is 28.1 Å². The minimum Gasteiger partial charge on any atom is -0.611 e. The number of fused-ring (bicyclic) bond motifs is 2. The molecule has 0 amide bonds. The first-order chi connectivity index (χ1) is 23.8. The predicted octanol–water partition coefficient (Wildman–Crippen LogP) is 2.55. The van der Waals surface area contributed by atoms with Crippen molar-refractivity contribution < 1.29 is 58.2 Å². The number of ketones is 2. The van der Waals surface area contributed by atoms with E-state index in [1.54, 1.807) is 0 Å². The van der Waals surface area contributed by atoms with Crippen molar-refractivity contribution in [3.05, 3.63) is 105 Å². The van der Waals surface area contributed by atoms with E-state index in [4.69, 9.17) is 0 Å². The van der Waals surface area contributed by atoms with Crippen LogP contribution < -0.4 is 10.9 Å². The third-order valence-electron chi connectivity index (χ3n) is 7.86. The molecule has 1 aliphatic rings. The molecule has 5 aromatic rings. The molecule has 6 rings (SSSR count). The number of hydrogen-bond donors (Lipinski definition) is 6. The standard InChI is InChI=1S/C31H22N2O14S4/c34-10-11-48(38)16-8-9-22(50(42,43)44)20(13-16)32-21-14-23(51(45,46)47)28-26-24(18-6-1-2-7-19(18)30(36)25(21)26)27(31(37)33-28)29(35)15-4-3-5-17(12-15)49(39,40)41/h1-9,12-14,32,34H,10-11H2,(H,33,37)(H,39,40,41)(H,42,43,44)(H,45,46,47). The van der Waals surface area contributed by atoms with Gasteiger partial charge in [0.25, 0.3) is 35.9 Å². The van der Waals surface area contributed by atoms with Crippen LogP contribution in [0.3, 0.4) is 0 Å². The van der Waals surface area contributed by atoms with Crippen LogP contribution in [-0.2, 0) is 41.5 Å². The second-order valence-electron chi connectivity index (χ2n) is 11.0. The van der Waals surface area contributed by atoms with Crippen LogP contribution in [-0.4, -0.2) is 77.5 Å². The van der Waals surface area contributed by atoms with Crippen LogP contribution in [0.5, 0.6) is 0 Å². The Balaban J connectivity index is 1.75. The molecule has 20 heteroatoms. The van der Waals surface area contributed by atoms with Gasteiger partial charge in [-0.05, 0) is 47.1 Å². The fourth-order valence-corrected chi connectivity index (χ4v) is 8.47. The molecule has 51 heavy (non-hydrogen) atoms. The maximum Gasteiger partial charge on any atom is 0.296 e. The summed E-state index contributed by atoms with van der Waals surface area (Å²) in [5, 5.41) is 11.4. The Morgan fingerprint density at radius 1 is 0.765 bits per heavy atom. The number of aliphatic hydroxyl groups excluding tert-OH is 1. The Morgan fingerprint density at radius 3 is 2.06 bits per heavy atom. The van der Waals surface area contributed by atoms with E-state index in [1.807, 2.05) is 0 Å². The van der Waals surface area contributed by atoms with Gasteiger partial charge in [0.15, 0.2) is 16.5 Å². The second kappa shape index (κ2) is 12.8. The van der Waals surface area contributed by atoms with E-state index in [2.05, 4.69) is 10.3 Å². The topological polar surface area (TPSA) is 285 Å². The average Bonchev–Trinajstić information content (AvgIpc) is 3.05. The summed E-state index contributed by atoms with van der Waals surface area (Å²) in [4.78, 5) is 41.7. The zero-order valence-electron chi connectivity index (χ0n) is 25.3. The molecule has 0 saturated carbocycles. The van der Waals surface area contributed by atoms with Crippen LogP contribution in [0.4, 0.5) is 11.4 Å². The van der Waals surface area contributed by atoms with E-state index in [9.17, 15) is 63.0 Å². The molecule has 6 N–H and O–H groups in total. The number of hydrogen-bond acceptors (Lipinski definition) is 12. The van der Waals surface area contributed by atoms with Crippen LogP contribution in [0.25, 0.3) is 22.0 Å². The normalized spacial score (nSPS) is 13.5. The lowest BCUT2D eigenvalue weighted by atomic mass is 9.80. The molecule has 0 bridgehead atoms. The molecule has 1 atom stereocenters. The van der Waals surface area contributed by atoms with Crippen molar-refractivity contribution in [3.63, 3.8) is 0 Å². The molecule has 1 unspecified atom stereocenters. The van der Waals surface area contributed by atoms with E-state index in [1.165, 1.54) is 24.3 Å². The number of carbonyl (C=O) groups is 2. The van der Waals surface area contributed by atoms with Gasteiger partial charge in [0.05, 0.1) is 39.5 Å². The summed E-state index contributed by atoms with van der Waals surface area (Å²) in [5.41, 5.74) is -4.89. The maximum absolute atomic E-state index is 14.2. The summed E-state index contributed by atoms with van der Waals surface area (Å²) in [6.07, 6.45) is 0. The predicted molar refractivity (Wildman–Crippen MR) is 181 cm³/mol. The molecule has 4 aromatic carbocycles. The highest BCUT2D eigenvalue weighted by Gasteiger charge is 2.36. The Bertz CT molecular complexity index is 2740. The summed E-state index contributed by atoms with van der Waals surface area (Å²) >= 11 is -1.90. The lowest BCUT2D eigenvalue weighted by molar-refractivity contribution is 0.102. The lowest BCUT2D eigenvalue weighted by Gasteiger charge is -2.25. The van der Waals surface area contributed by atoms with Gasteiger partial charge in [-0.3, -0.25) is 28.0 Å². The number of pyridine rings is 1. The van der Waals surface area contributed by atoms with Crippen LogP contribution in [0.15, 0.2) is 97.2 Å². The SMILES string of the molecule is O=C(c1cccc(S(=O)(=O)O)c1)c1c2c3c(c(Nc4cc([S+]([O-])CCO)ccc4S(=O)(=O)O)cc(S(=O)(=O)O)c3[nH]c1=O)C(=O)c1ccccc1-2. The van der Waals surface area contributed by atoms with E-state index < -0.39 is 119 Å². The molecule has 16 nitrogen and oxygen atoms in total. The zero-order chi connectivity index (χ0) is 37.2. The summed E-state index contributed by atoms with van der Waals surface area (Å²) in [6.45, 7) is -0.516. The second-order valence-corrected chi connectivity index (χ2v) is 16.7. The summed E-state index contributed by atoms with van der Waals surface area (Å²) in [6, 6.07) is 13.3. The molecular weight excluding hydrogens is 753 g/mol. The minimum atomic E-state index is -5.29. The third kappa shape index (κ3) is 6.48. The number of rotatable bonds is 10. The summed E-state index contributed by atoms with van der Waals surface area (Å²) in [7, 11) is -15.2. The van der Waals surface area contributed by atoms with Gasteiger partial charge in [-0.15, -0.1) is 0 Å². The van der Waals surface area contributed by atoms with Gasteiger partial charge in [0.1, 0.15) is 15.5 Å². The monoisotopic (exact) mass is 774 g/mol. The van der Waals surface area contributed by atoms with Crippen molar-refractivity contribution in [1.29, 1.82) is 0 Å². The largest absolute Gasteiger partial charge is 0.611 e. The molecule has 264 valence electrons. The first kappa shape index (κ1) is 36.0. The van der Waals surface area contributed by atoms with Crippen molar-refractivity contribution in [3.8, 4) is 11.1 Å². The van der Waals surface area contributed by atoms with Crippen molar-refractivity contribution in [2.75, 3.05) is 17.7 Å². The molecule has 1 aromatic heterocycles. The highest BCUT2D eigenvalue weighted by Crippen LogP contribution is 2.46. The average molecular weight is 775 g/mol. The molecule has 0 spiro atoms. The first-order valence-corrected chi connectivity index (χ1v) is 19.9. The van der Waals surface area contributed by atoms with E-state index >= 15 is 0 Å². The van der Waals surface area contributed by atoms with Crippen LogP contribution in [0.2, 0.25) is 0 Å². The molecule has 0 radical (unpaired) electrons. The Hall–Kier alpha value is -4.77. The maximum atomic E-state index is 14.2. The van der Waals surface area contributed by atoms with Gasteiger partial charge in [-0.1, -0.05) is 36.4 Å². The quantitative estimate of drug-likeness (QED) is 0.0662.